The first-order chi connectivity index (χ1) is 12.6. The molecule has 2 rings (SSSR count). The van der Waals surface area contributed by atoms with E-state index in [0.717, 1.165) is 12.1 Å². The standard InChI is InChI=1S/C17H13ClF3N3O3/c1-9(10-2-5-12(25)6-3-10)23-24-16(27)15(26)22-14-8-11(17(19,20)21)4-7-13(14)18/h2-8,25H,1H3,(H,22,26)(H,24,27)/b23-9+. The quantitative estimate of drug-likeness (QED) is 0.419. The van der Waals surface area contributed by atoms with Crippen molar-refractivity contribution in [3.63, 3.8) is 0 Å². The molecule has 3 N–H and O–H groups in total. The summed E-state index contributed by atoms with van der Waals surface area (Å²) in [5, 5.41) is 14.8. The maximum Gasteiger partial charge on any atom is 0.416 e. The second kappa shape index (κ2) is 8.09. The number of phenols is 1. The normalized spacial score (nSPS) is 11.8. The maximum atomic E-state index is 12.7. The third-order valence-electron chi connectivity index (χ3n) is 3.36. The van der Waals surface area contributed by atoms with Crippen LogP contribution in [0.5, 0.6) is 5.75 Å². The molecule has 6 nitrogen and oxygen atoms in total. The van der Waals surface area contributed by atoms with Crippen LogP contribution in [0.2, 0.25) is 5.02 Å². The smallest absolute Gasteiger partial charge is 0.416 e. The summed E-state index contributed by atoms with van der Waals surface area (Å²) in [5.41, 5.74) is 1.53. The SMILES string of the molecule is C/C(=N\NC(=O)C(=O)Nc1cc(C(F)(F)F)ccc1Cl)c1ccc(O)cc1. The van der Waals surface area contributed by atoms with E-state index in [1.165, 1.54) is 12.1 Å². The summed E-state index contributed by atoms with van der Waals surface area (Å²) < 4.78 is 38.2. The van der Waals surface area contributed by atoms with Gasteiger partial charge in [0.1, 0.15) is 5.75 Å². The molecule has 2 aromatic rings. The molecule has 0 aromatic heterocycles. The van der Waals surface area contributed by atoms with Gasteiger partial charge < -0.3 is 10.4 Å². The number of alkyl halides is 3. The molecule has 0 saturated carbocycles. The van der Waals surface area contributed by atoms with E-state index in [1.54, 1.807) is 19.1 Å². The molecule has 0 radical (unpaired) electrons. The van der Waals surface area contributed by atoms with Gasteiger partial charge >= 0.3 is 18.0 Å². The summed E-state index contributed by atoms with van der Waals surface area (Å²) >= 11 is 5.75. The fourth-order valence-electron chi connectivity index (χ4n) is 1.93. The Morgan fingerprint density at radius 2 is 1.70 bits per heavy atom. The minimum absolute atomic E-state index is 0.0490. The van der Waals surface area contributed by atoms with E-state index < -0.39 is 23.6 Å². The van der Waals surface area contributed by atoms with Crippen molar-refractivity contribution in [1.82, 2.24) is 5.43 Å². The molecule has 2 aromatic carbocycles. The van der Waals surface area contributed by atoms with Gasteiger partial charge in [0.2, 0.25) is 0 Å². The van der Waals surface area contributed by atoms with Crippen LogP contribution in [-0.2, 0) is 15.8 Å². The number of hydrogen-bond acceptors (Lipinski definition) is 4. The number of anilines is 1. The van der Waals surface area contributed by atoms with Crippen LogP contribution >= 0.6 is 11.6 Å². The average Bonchev–Trinajstić information content (AvgIpc) is 2.60. The van der Waals surface area contributed by atoms with Gasteiger partial charge in [0.15, 0.2) is 0 Å². The number of nitrogens with one attached hydrogen (secondary N) is 2. The molecule has 0 atom stereocenters. The fraction of sp³-hybridized carbons (Fsp3) is 0.118. The van der Waals surface area contributed by atoms with Crippen LogP contribution in [0.15, 0.2) is 47.6 Å². The number of aromatic hydroxyl groups is 1. The molecule has 27 heavy (non-hydrogen) atoms. The van der Waals surface area contributed by atoms with Gasteiger partial charge in [-0.1, -0.05) is 11.6 Å². The molecule has 0 fully saturated rings. The zero-order chi connectivity index (χ0) is 20.2. The molecule has 0 heterocycles. The van der Waals surface area contributed by atoms with Crippen molar-refractivity contribution in [2.45, 2.75) is 13.1 Å². The lowest BCUT2D eigenvalue weighted by atomic mass is 10.1. The van der Waals surface area contributed by atoms with Gasteiger partial charge in [0, 0.05) is 0 Å². The highest BCUT2D eigenvalue weighted by atomic mass is 35.5. The molecule has 0 unspecified atom stereocenters. The Balaban J connectivity index is 2.07. The molecular formula is C17H13ClF3N3O3. The molecule has 0 aliphatic heterocycles. The van der Waals surface area contributed by atoms with Gasteiger partial charge in [0.25, 0.3) is 0 Å². The Hall–Kier alpha value is -3.07. The molecule has 10 heteroatoms. The zero-order valence-electron chi connectivity index (χ0n) is 13.8. The minimum atomic E-state index is -4.63. The average molecular weight is 400 g/mol. The van der Waals surface area contributed by atoms with Gasteiger partial charge in [0.05, 0.1) is 22.0 Å². The van der Waals surface area contributed by atoms with Gasteiger partial charge in [-0.25, -0.2) is 5.43 Å². The monoisotopic (exact) mass is 399 g/mol. The number of hydrogen-bond donors (Lipinski definition) is 3. The van der Waals surface area contributed by atoms with Crippen molar-refractivity contribution in [1.29, 1.82) is 0 Å². The van der Waals surface area contributed by atoms with Crippen molar-refractivity contribution in [3.05, 3.63) is 58.6 Å². The van der Waals surface area contributed by atoms with Crippen molar-refractivity contribution in [2.75, 3.05) is 5.32 Å². The molecule has 0 aliphatic carbocycles. The lowest BCUT2D eigenvalue weighted by molar-refractivity contribution is -0.137. The first-order valence-electron chi connectivity index (χ1n) is 7.39. The summed E-state index contributed by atoms with van der Waals surface area (Å²) in [6.45, 7) is 1.55. The van der Waals surface area contributed by atoms with E-state index in [4.69, 9.17) is 11.6 Å². The molecule has 2 amide bonds. The molecular weight excluding hydrogens is 387 g/mol. The summed E-state index contributed by atoms with van der Waals surface area (Å²) in [4.78, 5) is 23.6. The van der Waals surface area contributed by atoms with Crippen LogP contribution < -0.4 is 10.7 Å². The van der Waals surface area contributed by atoms with Gasteiger partial charge in [-0.3, -0.25) is 9.59 Å². The summed E-state index contributed by atoms with van der Waals surface area (Å²) in [7, 11) is 0. The predicted octanol–water partition coefficient (Wildman–Crippen LogP) is 3.54. The van der Waals surface area contributed by atoms with Crippen molar-refractivity contribution in [2.24, 2.45) is 5.10 Å². The predicted molar refractivity (Wildman–Crippen MR) is 93.5 cm³/mol. The van der Waals surface area contributed by atoms with E-state index in [9.17, 15) is 27.9 Å². The lowest BCUT2D eigenvalue weighted by Crippen LogP contribution is -2.33. The molecule has 142 valence electrons. The van der Waals surface area contributed by atoms with E-state index in [0.29, 0.717) is 17.3 Å². The molecule has 0 saturated heterocycles. The Labute approximate surface area is 156 Å². The van der Waals surface area contributed by atoms with Crippen LogP contribution in [0.1, 0.15) is 18.1 Å². The van der Waals surface area contributed by atoms with Crippen LogP contribution in [-0.4, -0.2) is 22.6 Å². The fourth-order valence-corrected chi connectivity index (χ4v) is 2.09. The van der Waals surface area contributed by atoms with E-state index in [1.807, 2.05) is 10.7 Å². The van der Waals surface area contributed by atoms with Crippen LogP contribution in [0.3, 0.4) is 0 Å². The third-order valence-corrected chi connectivity index (χ3v) is 3.69. The van der Waals surface area contributed by atoms with Crippen LogP contribution in [0, 0.1) is 0 Å². The number of halogens is 4. The summed E-state index contributed by atoms with van der Waals surface area (Å²) in [6, 6.07) is 8.26. The Kier molecular flexibility index (Phi) is 6.06. The topological polar surface area (TPSA) is 90.8 Å². The number of amides is 2. The summed E-state index contributed by atoms with van der Waals surface area (Å²) in [5.74, 6) is -2.38. The van der Waals surface area contributed by atoms with Gasteiger partial charge in [-0.15, -0.1) is 0 Å². The zero-order valence-corrected chi connectivity index (χ0v) is 14.5. The molecule has 0 aliphatic rings. The minimum Gasteiger partial charge on any atom is -0.508 e. The second-order valence-corrected chi connectivity index (χ2v) is 5.74. The molecule has 0 spiro atoms. The van der Waals surface area contributed by atoms with Gasteiger partial charge in [-0.05, 0) is 55.0 Å². The Bertz CT molecular complexity index is 897. The number of hydrazone groups is 1. The van der Waals surface area contributed by atoms with Crippen molar-refractivity contribution < 1.29 is 27.9 Å². The lowest BCUT2D eigenvalue weighted by Gasteiger charge is -2.11. The first-order valence-corrected chi connectivity index (χ1v) is 7.77. The number of benzene rings is 2. The number of carbonyl (C=O) groups excluding carboxylic acids is 2. The Morgan fingerprint density at radius 3 is 2.30 bits per heavy atom. The summed E-state index contributed by atoms with van der Waals surface area (Å²) in [6.07, 6.45) is -4.63. The number of phenolic OH excluding ortho intramolecular Hbond substituents is 1. The Morgan fingerprint density at radius 1 is 1.07 bits per heavy atom. The van der Waals surface area contributed by atoms with E-state index in [2.05, 4.69) is 5.10 Å². The van der Waals surface area contributed by atoms with Crippen molar-refractivity contribution >= 4 is 34.8 Å². The highest BCUT2D eigenvalue weighted by Crippen LogP contribution is 2.33. The molecule has 0 bridgehead atoms. The van der Waals surface area contributed by atoms with Crippen LogP contribution in [0.4, 0.5) is 18.9 Å². The number of rotatable bonds is 3. The van der Waals surface area contributed by atoms with Gasteiger partial charge in [-0.2, -0.15) is 18.3 Å². The van der Waals surface area contributed by atoms with Crippen LogP contribution in [0.25, 0.3) is 0 Å². The van der Waals surface area contributed by atoms with E-state index in [-0.39, 0.29) is 16.5 Å². The van der Waals surface area contributed by atoms with Crippen molar-refractivity contribution in [3.8, 4) is 5.75 Å². The number of carbonyl (C=O) groups is 2. The number of nitrogens with zero attached hydrogens (tertiary/aromatic N) is 1. The largest absolute Gasteiger partial charge is 0.508 e. The third kappa shape index (κ3) is 5.45. The van der Waals surface area contributed by atoms with E-state index >= 15 is 0 Å². The highest BCUT2D eigenvalue weighted by molar-refractivity contribution is 6.41. The second-order valence-electron chi connectivity index (χ2n) is 5.33. The first kappa shape index (κ1) is 20.2. The maximum absolute atomic E-state index is 12.7. The highest BCUT2D eigenvalue weighted by Gasteiger charge is 2.31.